The summed E-state index contributed by atoms with van der Waals surface area (Å²) in [6.07, 6.45) is 3.74. The van der Waals surface area contributed by atoms with Gasteiger partial charge in [-0.05, 0) is 22.8 Å². The fourth-order valence-corrected chi connectivity index (χ4v) is 3.43. The van der Waals surface area contributed by atoms with Crippen LogP contribution in [0.5, 0.6) is 0 Å². The summed E-state index contributed by atoms with van der Waals surface area (Å²) in [5.41, 5.74) is 4.17. The first-order valence-corrected chi connectivity index (χ1v) is 7.37. The predicted octanol–water partition coefficient (Wildman–Crippen LogP) is 3.16. The molecule has 92 valence electrons. The molecule has 1 aromatic carbocycles. The van der Waals surface area contributed by atoms with Crippen LogP contribution in [0.2, 0.25) is 0 Å². The van der Waals surface area contributed by atoms with Gasteiger partial charge >= 0.3 is 0 Å². The molecule has 0 saturated carbocycles. The molecular weight excluding hydrogens is 240 g/mol. The third kappa shape index (κ3) is 2.57. The lowest BCUT2D eigenvalue weighted by Gasteiger charge is -2.26. The lowest BCUT2D eigenvalue weighted by atomic mass is 10.0. The average molecular weight is 256 g/mol. The van der Waals surface area contributed by atoms with Crippen LogP contribution in [0.1, 0.15) is 22.7 Å². The lowest BCUT2D eigenvalue weighted by molar-refractivity contribution is 0.574. The molecule has 0 saturated heterocycles. The molecule has 18 heavy (non-hydrogen) atoms. The van der Waals surface area contributed by atoms with E-state index in [0.29, 0.717) is 6.04 Å². The first-order chi connectivity index (χ1) is 8.93. The van der Waals surface area contributed by atoms with E-state index >= 15 is 0 Å². The van der Waals surface area contributed by atoms with Crippen molar-refractivity contribution in [1.82, 2.24) is 10.3 Å². The normalized spacial score (nSPS) is 18.3. The van der Waals surface area contributed by atoms with Crippen molar-refractivity contribution in [2.24, 2.45) is 0 Å². The van der Waals surface area contributed by atoms with Crippen molar-refractivity contribution in [3.05, 3.63) is 65.5 Å². The van der Waals surface area contributed by atoms with E-state index in [9.17, 15) is 0 Å². The number of pyridine rings is 1. The van der Waals surface area contributed by atoms with Gasteiger partial charge in [-0.2, -0.15) is 11.8 Å². The minimum atomic E-state index is 0.458. The lowest BCUT2D eigenvalue weighted by Crippen LogP contribution is -2.26. The molecule has 0 radical (unpaired) electrons. The zero-order chi connectivity index (χ0) is 12.2. The Labute approximate surface area is 112 Å². The van der Waals surface area contributed by atoms with E-state index in [4.69, 9.17) is 0 Å². The summed E-state index contributed by atoms with van der Waals surface area (Å²) in [7, 11) is 0. The highest BCUT2D eigenvalue weighted by Gasteiger charge is 2.19. The van der Waals surface area contributed by atoms with Crippen LogP contribution in [0.15, 0.2) is 48.8 Å². The van der Waals surface area contributed by atoms with E-state index < -0.39 is 0 Å². The van der Waals surface area contributed by atoms with Crippen molar-refractivity contribution in [3.8, 4) is 0 Å². The van der Waals surface area contributed by atoms with E-state index in [1.807, 2.05) is 30.2 Å². The Bertz CT molecular complexity index is 513. The number of nitrogens with one attached hydrogen (secondary N) is 1. The summed E-state index contributed by atoms with van der Waals surface area (Å²) >= 11 is 2.00. The van der Waals surface area contributed by atoms with Crippen LogP contribution in [-0.2, 0) is 12.3 Å². The van der Waals surface area contributed by atoms with Gasteiger partial charge in [-0.3, -0.25) is 4.98 Å². The molecule has 3 heteroatoms. The number of benzene rings is 1. The third-order valence-corrected chi connectivity index (χ3v) is 4.33. The molecule has 1 aliphatic rings. The van der Waals surface area contributed by atoms with Gasteiger partial charge in [0, 0.05) is 36.5 Å². The van der Waals surface area contributed by atoms with Gasteiger partial charge in [-0.25, -0.2) is 0 Å². The van der Waals surface area contributed by atoms with Crippen LogP contribution < -0.4 is 5.32 Å². The Balaban J connectivity index is 1.71. The molecule has 0 amide bonds. The molecule has 1 atom stereocenters. The van der Waals surface area contributed by atoms with Crippen molar-refractivity contribution in [2.45, 2.75) is 18.3 Å². The van der Waals surface area contributed by atoms with Gasteiger partial charge in [0.2, 0.25) is 0 Å². The fraction of sp³-hybridized carbons (Fsp3) is 0.267. The Hall–Kier alpha value is -1.32. The van der Waals surface area contributed by atoms with Crippen molar-refractivity contribution in [1.29, 1.82) is 0 Å². The number of fused-ring (bicyclic) bond motifs is 1. The summed E-state index contributed by atoms with van der Waals surface area (Å²) in [5, 5.41) is 3.63. The summed E-state index contributed by atoms with van der Waals surface area (Å²) in [4.78, 5) is 4.15. The first-order valence-electron chi connectivity index (χ1n) is 6.21. The minimum absolute atomic E-state index is 0.458. The smallest absolute Gasteiger partial charge is 0.0417 e. The van der Waals surface area contributed by atoms with Gasteiger partial charge in [0.1, 0.15) is 0 Å². The van der Waals surface area contributed by atoms with E-state index in [1.54, 1.807) is 0 Å². The second-order valence-corrected chi connectivity index (χ2v) is 5.54. The molecule has 2 heterocycles. The standard InChI is InChI=1S/C15H16N2S/c1-2-6-14-13(5-1)10-18-11-15(14)17-9-12-4-3-7-16-8-12/h1-8,15,17H,9-11H2. The molecule has 0 bridgehead atoms. The number of rotatable bonds is 3. The summed E-state index contributed by atoms with van der Waals surface area (Å²) < 4.78 is 0. The molecule has 0 spiro atoms. The molecule has 1 aliphatic heterocycles. The molecule has 2 aromatic rings. The van der Waals surface area contributed by atoms with Crippen LogP contribution in [0.25, 0.3) is 0 Å². The topological polar surface area (TPSA) is 24.9 Å². The summed E-state index contributed by atoms with van der Waals surface area (Å²) in [6, 6.07) is 13.3. The van der Waals surface area contributed by atoms with Crippen molar-refractivity contribution in [3.63, 3.8) is 0 Å². The van der Waals surface area contributed by atoms with E-state index in [-0.39, 0.29) is 0 Å². The number of nitrogens with zero attached hydrogens (tertiary/aromatic N) is 1. The van der Waals surface area contributed by atoms with Gasteiger partial charge in [0.15, 0.2) is 0 Å². The van der Waals surface area contributed by atoms with Gasteiger partial charge in [-0.1, -0.05) is 30.3 Å². The Morgan fingerprint density at radius 2 is 2.17 bits per heavy atom. The maximum atomic E-state index is 4.15. The van der Waals surface area contributed by atoms with Gasteiger partial charge in [0.05, 0.1) is 0 Å². The van der Waals surface area contributed by atoms with Gasteiger partial charge in [-0.15, -0.1) is 0 Å². The van der Waals surface area contributed by atoms with Crippen molar-refractivity contribution < 1.29 is 0 Å². The number of thioether (sulfide) groups is 1. The second kappa shape index (κ2) is 5.55. The molecule has 0 fully saturated rings. The average Bonchev–Trinajstić information content (AvgIpc) is 2.46. The van der Waals surface area contributed by atoms with Crippen LogP contribution >= 0.6 is 11.8 Å². The highest BCUT2D eigenvalue weighted by atomic mass is 32.2. The second-order valence-electron chi connectivity index (χ2n) is 4.51. The SMILES string of the molecule is c1cncc(CNC2CSCc3ccccc32)c1. The number of hydrogen-bond acceptors (Lipinski definition) is 3. The summed E-state index contributed by atoms with van der Waals surface area (Å²) in [6.45, 7) is 0.882. The molecule has 0 aliphatic carbocycles. The highest BCUT2D eigenvalue weighted by molar-refractivity contribution is 7.98. The zero-order valence-electron chi connectivity index (χ0n) is 10.2. The highest BCUT2D eigenvalue weighted by Crippen LogP contribution is 2.31. The van der Waals surface area contributed by atoms with E-state index in [1.165, 1.54) is 16.7 Å². The van der Waals surface area contributed by atoms with E-state index in [2.05, 4.69) is 40.6 Å². The van der Waals surface area contributed by atoms with Crippen LogP contribution in [-0.4, -0.2) is 10.7 Å². The molecular formula is C15H16N2S. The molecule has 1 unspecified atom stereocenters. The van der Waals surface area contributed by atoms with Crippen LogP contribution in [0.4, 0.5) is 0 Å². The van der Waals surface area contributed by atoms with Crippen molar-refractivity contribution in [2.75, 3.05) is 5.75 Å². The Morgan fingerprint density at radius 1 is 1.22 bits per heavy atom. The van der Waals surface area contributed by atoms with Gasteiger partial charge < -0.3 is 5.32 Å². The maximum Gasteiger partial charge on any atom is 0.0417 e. The molecule has 2 nitrogen and oxygen atoms in total. The molecule has 1 aromatic heterocycles. The predicted molar refractivity (Wildman–Crippen MR) is 76.4 cm³/mol. The Kier molecular flexibility index (Phi) is 3.62. The molecule has 3 rings (SSSR count). The third-order valence-electron chi connectivity index (χ3n) is 3.25. The van der Waals surface area contributed by atoms with Crippen LogP contribution in [0.3, 0.4) is 0 Å². The molecule has 1 N–H and O–H groups in total. The fourth-order valence-electron chi connectivity index (χ4n) is 2.29. The zero-order valence-corrected chi connectivity index (χ0v) is 11.0. The summed E-state index contributed by atoms with van der Waals surface area (Å²) in [5.74, 6) is 2.29. The maximum absolute atomic E-state index is 4.15. The van der Waals surface area contributed by atoms with Crippen molar-refractivity contribution >= 4 is 11.8 Å². The monoisotopic (exact) mass is 256 g/mol. The number of aromatic nitrogens is 1. The first kappa shape index (κ1) is 11.8. The largest absolute Gasteiger partial charge is 0.305 e. The van der Waals surface area contributed by atoms with Crippen LogP contribution in [0, 0.1) is 0 Å². The quantitative estimate of drug-likeness (QED) is 0.913. The van der Waals surface area contributed by atoms with E-state index in [0.717, 1.165) is 18.1 Å². The Morgan fingerprint density at radius 3 is 3.06 bits per heavy atom. The van der Waals surface area contributed by atoms with Gasteiger partial charge in [0.25, 0.3) is 0 Å². The minimum Gasteiger partial charge on any atom is -0.305 e. The number of hydrogen-bond donors (Lipinski definition) is 1.